The molecule has 0 radical (unpaired) electrons. The standard InChI is InChI=1S/C18H17N3O2S/c19-18(22)13-1-3-16(21-5-7-23-8-6-21)14(9-13)12-2-4-17-15(10-12)20-11-24-17/h1-4,9-11H,5-8H2,(H2,19,22). The van der Waals surface area contributed by atoms with Crippen molar-refractivity contribution in [2.24, 2.45) is 5.73 Å². The summed E-state index contributed by atoms with van der Waals surface area (Å²) in [5.41, 5.74) is 11.9. The van der Waals surface area contributed by atoms with Gasteiger partial charge in [0, 0.05) is 29.9 Å². The number of amides is 1. The van der Waals surface area contributed by atoms with Crippen molar-refractivity contribution in [3.63, 3.8) is 0 Å². The number of nitrogens with zero attached hydrogens (tertiary/aromatic N) is 2. The van der Waals surface area contributed by atoms with Crippen LogP contribution in [0, 0.1) is 0 Å². The first kappa shape index (κ1) is 15.1. The van der Waals surface area contributed by atoms with E-state index in [0.29, 0.717) is 18.8 Å². The molecule has 1 aromatic heterocycles. The third-order valence-corrected chi connectivity index (χ3v) is 5.08. The molecular weight excluding hydrogens is 322 g/mol. The molecule has 1 fully saturated rings. The van der Waals surface area contributed by atoms with Crippen molar-refractivity contribution >= 4 is 33.1 Å². The maximum absolute atomic E-state index is 11.6. The number of benzene rings is 2. The van der Waals surface area contributed by atoms with Crippen molar-refractivity contribution in [2.75, 3.05) is 31.2 Å². The largest absolute Gasteiger partial charge is 0.378 e. The van der Waals surface area contributed by atoms with Crippen molar-refractivity contribution in [3.8, 4) is 11.1 Å². The molecule has 3 aromatic rings. The molecule has 24 heavy (non-hydrogen) atoms. The van der Waals surface area contributed by atoms with Crippen molar-refractivity contribution in [3.05, 3.63) is 47.5 Å². The van der Waals surface area contributed by atoms with E-state index in [1.165, 1.54) is 0 Å². The summed E-state index contributed by atoms with van der Waals surface area (Å²) in [6.07, 6.45) is 0. The van der Waals surface area contributed by atoms with Gasteiger partial charge in [0.15, 0.2) is 0 Å². The van der Waals surface area contributed by atoms with Gasteiger partial charge in [0.1, 0.15) is 0 Å². The van der Waals surface area contributed by atoms with E-state index in [0.717, 1.165) is 40.1 Å². The van der Waals surface area contributed by atoms with Gasteiger partial charge in [-0.25, -0.2) is 4.98 Å². The van der Waals surface area contributed by atoms with Crippen LogP contribution in [0.5, 0.6) is 0 Å². The average molecular weight is 339 g/mol. The van der Waals surface area contributed by atoms with Crippen molar-refractivity contribution in [1.82, 2.24) is 4.98 Å². The smallest absolute Gasteiger partial charge is 0.248 e. The zero-order valence-electron chi connectivity index (χ0n) is 13.1. The summed E-state index contributed by atoms with van der Waals surface area (Å²) in [4.78, 5) is 18.3. The van der Waals surface area contributed by atoms with Crippen molar-refractivity contribution in [2.45, 2.75) is 0 Å². The van der Waals surface area contributed by atoms with E-state index in [-0.39, 0.29) is 0 Å². The quantitative estimate of drug-likeness (QED) is 0.797. The number of primary amides is 1. The van der Waals surface area contributed by atoms with Crippen LogP contribution in [-0.4, -0.2) is 37.2 Å². The fourth-order valence-corrected chi connectivity index (χ4v) is 3.68. The molecule has 0 unspecified atom stereocenters. The summed E-state index contributed by atoms with van der Waals surface area (Å²) in [6, 6.07) is 11.9. The Morgan fingerprint density at radius 1 is 1.17 bits per heavy atom. The Hall–Kier alpha value is -2.44. The van der Waals surface area contributed by atoms with Gasteiger partial charge >= 0.3 is 0 Å². The molecule has 0 saturated carbocycles. The number of fused-ring (bicyclic) bond motifs is 1. The minimum absolute atomic E-state index is 0.417. The number of anilines is 1. The molecule has 1 amide bonds. The first-order valence-corrected chi connectivity index (χ1v) is 8.70. The normalized spacial score (nSPS) is 14.9. The molecule has 5 nitrogen and oxygen atoms in total. The van der Waals surface area contributed by atoms with Gasteiger partial charge < -0.3 is 15.4 Å². The molecule has 1 aliphatic rings. The minimum atomic E-state index is -0.417. The van der Waals surface area contributed by atoms with Crippen molar-refractivity contribution in [1.29, 1.82) is 0 Å². The SMILES string of the molecule is NC(=O)c1ccc(N2CCOCC2)c(-c2ccc3scnc3c2)c1. The molecule has 0 bridgehead atoms. The predicted molar refractivity (Wildman–Crippen MR) is 96.6 cm³/mol. The molecule has 0 atom stereocenters. The molecule has 2 N–H and O–H groups in total. The monoisotopic (exact) mass is 339 g/mol. The van der Waals surface area contributed by atoms with Crippen LogP contribution in [0.4, 0.5) is 5.69 Å². The Bertz CT molecular complexity index is 900. The molecule has 122 valence electrons. The van der Waals surface area contributed by atoms with Crippen LogP contribution in [0.3, 0.4) is 0 Å². The fourth-order valence-electron chi connectivity index (χ4n) is 3.03. The topological polar surface area (TPSA) is 68.5 Å². The summed E-state index contributed by atoms with van der Waals surface area (Å²) < 4.78 is 6.60. The van der Waals surface area contributed by atoms with E-state index in [4.69, 9.17) is 10.5 Å². The second-order valence-electron chi connectivity index (χ2n) is 5.73. The molecule has 6 heteroatoms. The lowest BCUT2D eigenvalue weighted by Crippen LogP contribution is -2.36. The van der Waals surface area contributed by atoms with Crippen molar-refractivity contribution < 1.29 is 9.53 Å². The Morgan fingerprint density at radius 3 is 2.79 bits per heavy atom. The lowest BCUT2D eigenvalue weighted by Gasteiger charge is -2.31. The lowest BCUT2D eigenvalue weighted by molar-refractivity contribution is 0.1000. The van der Waals surface area contributed by atoms with E-state index in [9.17, 15) is 4.79 Å². The number of nitrogens with two attached hydrogens (primary N) is 1. The molecule has 2 heterocycles. The van der Waals surface area contributed by atoms with Crippen LogP contribution >= 0.6 is 11.3 Å². The van der Waals surface area contributed by atoms with E-state index >= 15 is 0 Å². The van der Waals surface area contributed by atoms with Gasteiger partial charge in [-0.2, -0.15) is 0 Å². The van der Waals surface area contributed by atoms with E-state index in [1.807, 2.05) is 17.6 Å². The Kier molecular flexibility index (Phi) is 3.92. The zero-order valence-corrected chi connectivity index (χ0v) is 13.9. The number of rotatable bonds is 3. The first-order valence-electron chi connectivity index (χ1n) is 7.82. The number of hydrogen-bond donors (Lipinski definition) is 1. The summed E-state index contributed by atoms with van der Waals surface area (Å²) in [5.74, 6) is -0.417. The molecular formula is C18H17N3O2S. The van der Waals surface area contributed by atoms with Crippen LogP contribution in [0.2, 0.25) is 0 Å². The van der Waals surface area contributed by atoms with Gasteiger partial charge in [-0.15, -0.1) is 11.3 Å². The number of morpholine rings is 1. The number of aromatic nitrogens is 1. The molecule has 2 aromatic carbocycles. The highest BCUT2D eigenvalue weighted by Crippen LogP contribution is 2.34. The van der Waals surface area contributed by atoms with Crippen LogP contribution < -0.4 is 10.6 Å². The number of carbonyl (C=O) groups is 1. The minimum Gasteiger partial charge on any atom is -0.378 e. The summed E-state index contributed by atoms with van der Waals surface area (Å²) >= 11 is 1.62. The van der Waals surface area contributed by atoms with Crippen LogP contribution in [0.15, 0.2) is 41.9 Å². The second kappa shape index (κ2) is 6.22. The highest BCUT2D eigenvalue weighted by atomic mass is 32.1. The first-order chi connectivity index (χ1) is 11.7. The molecule has 0 aliphatic carbocycles. The zero-order chi connectivity index (χ0) is 16.5. The lowest BCUT2D eigenvalue weighted by atomic mass is 9.99. The maximum Gasteiger partial charge on any atom is 0.248 e. The average Bonchev–Trinajstić information content (AvgIpc) is 3.09. The Labute approximate surface area is 143 Å². The molecule has 4 rings (SSSR count). The molecule has 1 saturated heterocycles. The van der Waals surface area contributed by atoms with Crippen LogP contribution in [-0.2, 0) is 4.74 Å². The van der Waals surface area contributed by atoms with E-state index in [1.54, 1.807) is 17.4 Å². The summed E-state index contributed by atoms with van der Waals surface area (Å²) in [6.45, 7) is 3.09. The number of hydrogen-bond acceptors (Lipinski definition) is 5. The van der Waals surface area contributed by atoms with Gasteiger partial charge in [0.05, 0.1) is 28.9 Å². The number of carbonyl (C=O) groups excluding carboxylic acids is 1. The summed E-state index contributed by atoms with van der Waals surface area (Å²) in [5, 5.41) is 0. The third kappa shape index (κ3) is 2.74. The Balaban J connectivity index is 1.85. The van der Waals surface area contributed by atoms with Gasteiger partial charge in [-0.3, -0.25) is 4.79 Å². The molecule has 1 aliphatic heterocycles. The highest BCUT2D eigenvalue weighted by Gasteiger charge is 2.17. The highest BCUT2D eigenvalue weighted by molar-refractivity contribution is 7.16. The Morgan fingerprint density at radius 2 is 2.00 bits per heavy atom. The predicted octanol–water partition coefficient (Wildman–Crippen LogP) is 2.90. The molecule has 0 spiro atoms. The summed E-state index contributed by atoms with van der Waals surface area (Å²) in [7, 11) is 0. The number of thiazole rings is 1. The van der Waals surface area contributed by atoms with E-state index in [2.05, 4.69) is 28.1 Å². The fraction of sp³-hybridized carbons (Fsp3) is 0.222. The third-order valence-electron chi connectivity index (χ3n) is 4.27. The van der Waals surface area contributed by atoms with Gasteiger partial charge in [-0.1, -0.05) is 6.07 Å². The second-order valence-corrected chi connectivity index (χ2v) is 6.62. The van der Waals surface area contributed by atoms with Gasteiger partial charge in [0.2, 0.25) is 5.91 Å². The van der Waals surface area contributed by atoms with Gasteiger partial charge in [-0.05, 0) is 35.9 Å². The van der Waals surface area contributed by atoms with Crippen LogP contribution in [0.25, 0.3) is 21.3 Å². The van der Waals surface area contributed by atoms with Gasteiger partial charge in [0.25, 0.3) is 0 Å². The maximum atomic E-state index is 11.6. The number of ether oxygens (including phenoxy) is 1. The van der Waals surface area contributed by atoms with E-state index < -0.39 is 5.91 Å². The van der Waals surface area contributed by atoms with Crippen LogP contribution in [0.1, 0.15) is 10.4 Å².